The van der Waals surface area contributed by atoms with E-state index in [4.69, 9.17) is 21.4 Å². The van der Waals surface area contributed by atoms with E-state index in [0.717, 1.165) is 6.07 Å². The van der Waals surface area contributed by atoms with Gasteiger partial charge in [0.05, 0.1) is 12.5 Å². The van der Waals surface area contributed by atoms with Gasteiger partial charge in [-0.15, -0.1) is 11.6 Å². The van der Waals surface area contributed by atoms with Crippen LogP contribution in [-0.4, -0.2) is 29.3 Å². The number of methoxy groups -OCH3 is 1. The smallest absolute Gasteiger partial charge is 0.303 e. The Kier molecular flexibility index (Phi) is 5.09. The molecule has 0 fully saturated rings. The SMILES string of the molecule is COc1ccc(C(=O)C(Cl)CCC(=O)O)cc1F. The number of halogens is 2. The van der Waals surface area contributed by atoms with Gasteiger partial charge in [-0.05, 0) is 24.6 Å². The van der Waals surface area contributed by atoms with E-state index < -0.39 is 22.9 Å². The molecular formula is C12H12ClFO4. The Labute approximate surface area is 108 Å². The number of alkyl halides is 1. The molecule has 1 N–H and O–H groups in total. The second-order valence-electron chi connectivity index (χ2n) is 3.61. The first kappa shape index (κ1) is 14.4. The van der Waals surface area contributed by atoms with E-state index in [2.05, 4.69) is 0 Å². The molecule has 0 aliphatic rings. The lowest BCUT2D eigenvalue weighted by atomic mass is 10.0. The van der Waals surface area contributed by atoms with Crippen LogP contribution in [0.3, 0.4) is 0 Å². The van der Waals surface area contributed by atoms with E-state index in [1.54, 1.807) is 0 Å². The number of Topliss-reactive ketones (excluding diaryl/α,β-unsaturated/α-hetero) is 1. The Morgan fingerprint density at radius 2 is 2.17 bits per heavy atom. The maximum absolute atomic E-state index is 13.4. The van der Waals surface area contributed by atoms with E-state index in [-0.39, 0.29) is 24.2 Å². The van der Waals surface area contributed by atoms with Crippen molar-refractivity contribution < 1.29 is 23.8 Å². The summed E-state index contributed by atoms with van der Waals surface area (Å²) in [6.45, 7) is 0. The van der Waals surface area contributed by atoms with Gasteiger partial charge < -0.3 is 9.84 Å². The maximum Gasteiger partial charge on any atom is 0.303 e. The van der Waals surface area contributed by atoms with Gasteiger partial charge in [-0.2, -0.15) is 0 Å². The molecule has 0 saturated heterocycles. The average molecular weight is 275 g/mol. The molecule has 0 saturated carbocycles. The topological polar surface area (TPSA) is 63.6 Å². The van der Waals surface area contributed by atoms with Crippen LogP contribution in [-0.2, 0) is 4.79 Å². The minimum absolute atomic E-state index is 0.00334. The number of carboxylic acid groups (broad SMARTS) is 1. The van der Waals surface area contributed by atoms with E-state index in [0.29, 0.717) is 0 Å². The van der Waals surface area contributed by atoms with Crippen LogP contribution in [0.1, 0.15) is 23.2 Å². The fraction of sp³-hybridized carbons (Fsp3) is 0.333. The van der Waals surface area contributed by atoms with Gasteiger partial charge in [0.2, 0.25) is 0 Å². The van der Waals surface area contributed by atoms with E-state index in [1.165, 1.54) is 19.2 Å². The number of carboxylic acids is 1. The molecule has 4 nitrogen and oxygen atoms in total. The number of aliphatic carboxylic acids is 1. The molecular weight excluding hydrogens is 263 g/mol. The van der Waals surface area contributed by atoms with Crippen LogP contribution in [0.25, 0.3) is 0 Å². The van der Waals surface area contributed by atoms with Crippen molar-refractivity contribution in [2.45, 2.75) is 18.2 Å². The van der Waals surface area contributed by atoms with Crippen LogP contribution < -0.4 is 4.74 Å². The first-order valence-corrected chi connectivity index (χ1v) is 5.63. The van der Waals surface area contributed by atoms with Crippen LogP contribution >= 0.6 is 11.6 Å². The molecule has 1 aromatic carbocycles. The number of carbonyl (C=O) groups excluding carboxylic acids is 1. The summed E-state index contributed by atoms with van der Waals surface area (Å²) in [5, 5.41) is 7.50. The molecule has 0 aromatic heterocycles. The third-order valence-electron chi connectivity index (χ3n) is 2.33. The highest BCUT2D eigenvalue weighted by Gasteiger charge is 2.19. The van der Waals surface area contributed by atoms with Crippen molar-refractivity contribution in [2.75, 3.05) is 7.11 Å². The summed E-state index contributed by atoms with van der Waals surface area (Å²) < 4.78 is 18.1. The third kappa shape index (κ3) is 3.70. The molecule has 1 rings (SSSR count). The summed E-state index contributed by atoms with van der Waals surface area (Å²) in [7, 11) is 1.32. The molecule has 98 valence electrons. The highest BCUT2D eigenvalue weighted by atomic mass is 35.5. The number of ketones is 1. The van der Waals surface area contributed by atoms with Gasteiger partial charge in [0.25, 0.3) is 0 Å². The van der Waals surface area contributed by atoms with Crippen molar-refractivity contribution in [3.05, 3.63) is 29.6 Å². The molecule has 1 aromatic rings. The van der Waals surface area contributed by atoms with Crippen molar-refractivity contribution in [3.8, 4) is 5.75 Å². The highest BCUT2D eigenvalue weighted by Crippen LogP contribution is 2.20. The van der Waals surface area contributed by atoms with Crippen molar-refractivity contribution in [3.63, 3.8) is 0 Å². The summed E-state index contributed by atoms with van der Waals surface area (Å²) in [5.41, 5.74) is 0.0960. The highest BCUT2D eigenvalue weighted by molar-refractivity contribution is 6.34. The molecule has 6 heteroatoms. The summed E-state index contributed by atoms with van der Waals surface area (Å²) in [4.78, 5) is 22.1. The Hall–Kier alpha value is -1.62. The largest absolute Gasteiger partial charge is 0.494 e. The zero-order valence-electron chi connectivity index (χ0n) is 9.65. The van der Waals surface area contributed by atoms with Crippen LogP contribution in [0.5, 0.6) is 5.75 Å². The number of rotatable bonds is 6. The van der Waals surface area contributed by atoms with Crippen molar-refractivity contribution >= 4 is 23.4 Å². The summed E-state index contributed by atoms with van der Waals surface area (Å²) >= 11 is 5.77. The van der Waals surface area contributed by atoms with E-state index >= 15 is 0 Å². The monoisotopic (exact) mass is 274 g/mol. The third-order valence-corrected chi connectivity index (χ3v) is 2.75. The Balaban J connectivity index is 2.77. The predicted molar refractivity (Wildman–Crippen MR) is 63.8 cm³/mol. The minimum Gasteiger partial charge on any atom is -0.494 e. The number of hydrogen-bond donors (Lipinski definition) is 1. The van der Waals surface area contributed by atoms with Gasteiger partial charge >= 0.3 is 5.97 Å². The van der Waals surface area contributed by atoms with E-state index in [9.17, 15) is 14.0 Å². The quantitative estimate of drug-likeness (QED) is 0.639. The second kappa shape index (κ2) is 6.35. The lowest BCUT2D eigenvalue weighted by molar-refractivity contribution is -0.137. The minimum atomic E-state index is -1.03. The fourth-order valence-electron chi connectivity index (χ4n) is 1.38. The normalized spacial score (nSPS) is 11.9. The summed E-state index contributed by atoms with van der Waals surface area (Å²) in [6.07, 6.45) is -0.206. The molecule has 0 spiro atoms. The van der Waals surface area contributed by atoms with Crippen molar-refractivity contribution in [1.29, 1.82) is 0 Å². The Morgan fingerprint density at radius 3 is 2.67 bits per heavy atom. The van der Waals surface area contributed by atoms with Gasteiger partial charge in [0.1, 0.15) is 0 Å². The van der Waals surface area contributed by atoms with Crippen LogP contribution in [0.4, 0.5) is 4.39 Å². The number of carbonyl (C=O) groups is 2. The standard InChI is InChI=1S/C12H12ClFO4/c1-18-10-4-2-7(6-9(10)14)12(17)8(13)3-5-11(15)16/h2,4,6,8H,3,5H2,1H3,(H,15,16). The van der Waals surface area contributed by atoms with Gasteiger partial charge in [-0.1, -0.05) is 0 Å². The summed E-state index contributed by atoms with van der Waals surface area (Å²) in [6, 6.07) is 3.74. The predicted octanol–water partition coefficient (Wildman–Crippen LogP) is 2.49. The maximum atomic E-state index is 13.4. The zero-order valence-corrected chi connectivity index (χ0v) is 10.4. The van der Waals surface area contributed by atoms with Crippen molar-refractivity contribution in [2.24, 2.45) is 0 Å². The Bertz CT molecular complexity index is 461. The van der Waals surface area contributed by atoms with Gasteiger partial charge in [0.15, 0.2) is 17.3 Å². The molecule has 0 radical (unpaired) electrons. The molecule has 1 unspecified atom stereocenters. The first-order chi connectivity index (χ1) is 8.45. The molecule has 0 aliphatic carbocycles. The lowest BCUT2D eigenvalue weighted by Gasteiger charge is -2.08. The van der Waals surface area contributed by atoms with Gasteiger partial charge in [-0.25, -0.2) is 4.39 Å². The molecule has 1 atom stereocenters. The van der Waals surface area contributed by atoms with Crippen LogP contribution in [0.15, 0.2) is 18.2 Å². The lowest BCUT2D eigenvalue weighted by Crippen LogP contribution is -2.16. The zero-order chi connectivity index (χ0) is 13.7. The second-order valence-corrected chi connectivity index (χ2v) is 4.14. The molecule has 0 heterocycles. The molecule has 0 bridgehead atoms. The first-order valence-electron chi connectivity index (χ1n) is 5.19. The number of benzene rings is 1. The molecule has 0 amide bonds. The summed E-state index contributed by atoms with van der Waals surface area (Å²) in [5.74, 6) is -2.16. The molecule has 18 heavy (non-hydrogen) atoms. The number of ether oxygens (including phenoxy) is 1. The van der Waals surface area contributed by atoms with Crippen molar-refractivity contribution in [1.82, 2.24) is 0 Å². The van der Waals surface area contributed by atoms with Gasteiger partial charge in [-0.3, -0.25) is 9.59 Å². The average Bonchev–Trinajstić information content (AvgIpc) is 2.34. The fourth-order valence-corrected chi connectivity index (χ4v) is 1.62. The van der Waals surface area contributed by atoms with Crippen LogP contribution in [0.2, 0.25) is 0 Å². The van der Waals surface area contributed by atoms with Crippen LogP contribution in [0, 0.1) is 5.82 Å². The Morgan fingerprint density at radius 1 is 1.50 bits per heavy atom. The number of hydrogen-bond acceptors (Lipinski definition) is 3. The van der Waals surface area contributed by atoms with Gasteiger partial charge in [0, 0.05) is 12.0 Å². The molecule has 0 aliphatic heterocycles. The van der Waals surface area contributed by atoms with E-state index in [1.807, 2.05) is 0 Å².